The minimum Gasteiger partial charge on any atom is -0.271 e. The number of hydrogen-bond acceptors (Lipinski definition) is 6. The smallest absolute Gasteiger partial charge is 0.271 e. The Morgan fingerprint density at radius 3 is 2.22 bits per heavy atom. The van der Waals surface area contributed by atoms with Crippen LogP contribution in [0.1, 0.15) is 38.8 Å². The molecule has 0 aliphatic heterocycles. The molecule has 0 saturated carbocycles. The Balaban J connectivity index is 2.30. The van der Waals surface area contributed by atoms with Crippen LogP contribution < -0.4 is 10.6 Å². The van der Waals surface area contributed by atoms with Crippen molar-refractivity contribution in [3.05, 3.63) is 63.7 Å². The zero-order chi connectivity index (χ0) is 20.4. The standard InChI is InChI=1S/C18H22N4O4S/c1-12(13-5-7-14(8-6-13)18(2,3)4)20-21-16-10-9-15(27(19,25)26)11-17(16)22(23)24/h5-11,21H,1-4H3,(H2,19,25,26)/b20-12+. The van der Waals surface area contributed by atoms with E-state index in [0.29, 0.717) is 5.71 Å². The largest absolute Gasteiger partial charge is 0.295 e. The van der Waals surface area contributed by atoms with Crippen LogP contribution in [0.4, 0.5) is 11.4 Å². The summed E-state index contributed by atoms with van der Waals surface area (Å²) in [6.07, 6.45) is 0. The Morgan fingerprint density at radius 2 is 1.74 bits per heavy atom. The van der Waals surface area contributed by atoms with Crippen molar-refractivity contribution in [2.75, 3.05) is 5.43 Å². The van der Waals surface area contributed by atoms with E-state index >= 15 is 0 Å². The molecule has 0 heterocycles. The molecule has 2 aromatic rings. The normalized spacial score (nSPS) is 12.7. The highest BCUT2D eigenvalue weighted by Crippen LogP contribution is 2.27. The van der Waals surface area contributed by atoms with Crippen LogP contribution in [0.2, 0.25) is 0 Å². The van der Waals surface area contributed by atoms with Crippen LogP contribution in [-0.2, 0) is 15.4 Å². The molecule has 0 radical (unpaired) electrons. The Labute approximate surface area is 158 Å². The molecule has 0 bridgehead atoms. The predicted octanol–water partition coefficient (Wildman–Crippen LogP) is 3.38. The molecule has 2 aromatic carbocycles. The maximum absolute atomic E-state index is 11.4. The van der Waals surface area contributed by atoms with Crippen molar-refractivity contribution in [1.29, 1.82) is 0 Å². The number of nitrogens with two attached hydrogens (primary N) is 1. The topological polar surface area (TPSA) is 128 Å². The van der Waals surface area contributed by atoms with Crippen LogP contribution in [0.25, 0.3) is 0 Å². The second-order valence-electron chi connectivity index (χ2n) is 7.12. The van der Waals surface area contributed by atoms with E-state index < -0.39 is 20.6 Å². The minimum atomic E-state index is -4.03. The maximum atomic E-state index is 11.4. The van der Waals surface area contributed by atoms with Gasteiger partial charge in [-0.15, -0.1) is 0 Å². The van der Waals surface area contributed by atoms with Crippen LogP contribution >= 0.6 is 0 Å². The molecular weight excluding hydrogens is 368 g/mol. The third kappa shape index (κ3) is 5.11. The molecule has 0 spiro atoms. The van der Waals surface area contributed by atoms with Gasteiger partial charge < -0.3 is 0 Å². The summed E-state index contributed by atoms with van der Waals surface area (Å²) in [5, 5.41) is 20.4. The van der Waals surface area contributed by atoms with Crippen molar-refractivity contribution in [3.63, 3.8) is 0 Å². The van der Waals surface area contributed by atoms with E-state index in [9.17, 15) is 18.5 Å². The molecular formula is C18H22N4O4S. The number of nitro benzene ring substituents is 1. The van der Waals surface area contributed by atoms with Gasteiger partial charge in [-0.25, -0.2) is 13.6 Å². The molecule has 0 saturated heterocycles. The number of nitrogens with zero attached hydrogens (tertiary/aromatic N) is 2. The van der Waals surface area contributed by atoms with Crippen molar-refractivity contribution in [3.8, 4) is 0 Å². The summed E-state index contributed by atoms with van der Waals surface area (Å²) in [6, 6.07) is 11.2. The van der Waals surface area contributed by atoms with E-state index in [4.69, 9.17) is 5.14 Å². The zero-order valence-corrected chi connectivity index (χ0v) is 16.4. The average molecular weight is 390 g/mol. The second kappa shape index (κ2) is 7.45. The number of nitrogens with one attached hydrogen (secondary N) is 1. The van der Waals surface area contributed by atoms with E-state index in [2.05, 4.69) is 31.3 Å². The van der Waals surface area contributed by atoms with Crippen LogP contribution in [0.3, 0.4) is 0 Å². The Hall–Kier alpha value is -2.78. The van der Waals surface area contributed by atoms with Gasteiger partial charge >= 0.3 is 0 Å². The number of primary sulfonamides is 1. The van der Waals surface area contributed by atoms with E-state index in [1.807, 2.05) is 24.3 Å². The molecule has 8 nitrogen and oxygen atoms in total. The fourth-order valence-corrected chi connectivity index (χ4v) is 2.89. The molecule has 0 aliphatic carbocycles. The molecule has 27 heavy (non-hydrogen) atoms. The summed E-state index contributed by atoms with van der Waals surface area (Å²) in [5.41, 5.74) is 4.97. The molecule has 3 N–H and O–H groups in total. The summed E-state index contributed by atoms with van der Waals surface area (Å²) in [7, 11) is -4.03. The quantitative estimate of drug-likeness (QED) is 0.459. The molecule has 0 aliphatic rings. The lowest BCUT2D eigenvalue weighted by molar-refractivity contribution is -0.384. The second-order valence-corrected chi connectivity index (χ2v) is 8.68. The van der Waals surface area contributed by atoms with Crippen molar-refractivity contribution < 1.29 is 13.3 Å². The molecule has 144 valence electrons. The molecule has 2 rings (SSSR count). The first-order valence-electron chi connectivity index (χ1n) is 8.12. The fourth-order valence-electron chi connectivity index (χ4n) is 2.35. The van der Waals surface area contributed by atoms with E-state index in [0.717, 1.165) is 11.6 Å². The lowest BCUT2D eigenvalue weighted by atomic mass is 9.86. The number of rotatable bonds is 5. The highest BCUT2D eigenvalue weighted by Gasteiger charge is 2.19. The maximum Gasteiger partial charge on any atom is 0.295 e. The minimum absolute atomic E-state index is 0.0352. The predicted molar refractivity (Wildman–Crippen MR) is 105 cm³/mol. The van der Waals surface area contributed by atoms with Crippen LogP contribution in [0.15, 0.2) is 52.5 Å². The van der Waals surface area contributed by atoms with Gasteiger partial charge in [0, 0.05) is 6.07 Å². The van der Waals surface area contributed by atoms with E-state index in [1.54, 1.807) is 6.92 Å². The Morgan fingerprint density at radius 1 is 1.15 bits per heavy atom. The zero-order valence-electron chi connectivity index (χ0n) is 15.6. The van der Waals surface area contributed by atoms with Crippen molar-refractivity contribution >= 4 is 27.1 Å². The number of nitro groups is 1. The van der Waals surface area contributed by atoms with Gasteiger partial charge in [-0.2, -0.15) is 5.10 Å². The van der Waals surface area contributed by atoms with Crippen molar-refractivity contribution in [2.24, 2.45) is 10.2 Å². The lowest BCUT2D eigenvalue weighted by Crippen LogP contribution is -2.12. The van der Waals surface area contributed by atoms with Crippen LogP contribution in [-0.4, -0.2) is 19.1 Å². The lowest BCUT2D eigenvalue weighted by Gasteiger charge is -2.19. The third-order valence-electron chi connectivity index (χ3n) is 4.01. The van der Waals surface area contributed by atoms with Gasteiger partial charge in [0.15, 0.2) is 0 Å². The number of benzene rings is 2. The highest BCUT2D eigenvalue weighted by atomic mass is 32.2. The fraction of sp³-hybridized carbons (Fsp3) is 0.278. The van der Waals surface area contributed by atoms with Crippen LogP contribution in [0.5, 0.6) is 0 Å². The first-order chi connectivity index (χ1) is 12.4. The Kier molecular flexibility index (Phi) is 5.67. The van der Waals surface area contributed by atoms with Gasteiger partial charge in [0.2, 0.25) is 10.0 Å². The van der Waals surface area contributed by atoms with Gasteiger partial charge in [0.05, 0.1) is 15.5 Å². The first-order valence-corrected chi connectivity index (χ1v) is 9.66. The molecule has 0 atom stereocenters. The van der Waals surface area contributed by atoms with E-state index in [-0.39, 0.29) is 16.0 Å². The van der Waals surface area contributed by atoms with Crippen LogP contribution in [0, 0.1) is 10.1 Å². The summed E-state index contributed by atoms with van der Waals surface area (Å²) in [4.78, 5) is 10.2. The molecule has 0 amide bonds. The number of anilines is 1. The van der Waals surface area contributed by atoms with Gasteiger partial charge in [-0.3, -0.25) is 15.5 Å². The summed E-state index contributed by atoms with van der Waals surface area (Å²) >= 11 is 0. The van der Waals surface area contributed by atoms with Gasteiger partial charge in [0.1, 0.15) is 5.69 Å². The SMILES string of the molecule is C/C(=N\Nc1ccc(S(N)(=O)=O)cc1[N+](=O)[O-])c1ccc(C(C)(C)C)cc1. The molecule has 0 unspecified atom stereocenters. The molecule has 0 fully saturated rings. The summed E-state index contributed by atoms with van der Waals surface area (Å²) in [6.45, 7) is 8.13. The highest BCUT2D eigenvalue weighted by molar-refractivity contribution is 7.89. The summed E-state index contributed by atoms with van der Waals surface area (Å²) < 4.78 is 22.8. The summed E-state index contributed by atoms with van der Waals surface area (Å²) in [5.74, 6) is 0. The monoisotopic (exact) mass is 390 g/mol. The average Bonchev–Trinajstić information content (AvgIpc) is 2.58. The van der Waals surface area contributed by atoms with Gasteiger partial charge in [-0.1, -0.05) is 45.0 Å². The number of hydrazone groups is 1. The van der Waals surface area contributed by atoms with Gasteiger partial charge in [-0.05, 0) is 35.6 Å². The Bertz CT molecular complexity index is 991. The van der Waals surface area contributed by atoms with E-state index in [1.165, 1.54) is 17.7 Å². The third-order valence-corrected chi connectivity index (χ3v) is 4.92. The van der Waals surface area contributed by atoms with Crippen molar-refractivity contribution in [1.82, 2.24) is 0 Å². The number of hydrogen-bond donors (Lipinski definition) is 2. The molecule has 0 aromatic heterocycles. The van der Waals surface area contributed by atoms with Crippen molar-refractivity contribution in [2.45, 2.75) is 38.0 Å². The first kappa shape index (κ1) is 20.5. The molecule has 9 heteroatoms. The van der Waals surface area contributed by atoms with Gasteiger partial charge in [0.25, 0.3) is 5.69 Å². The number of sulfonamides is 1.